The molecule has 0 bridgehead atoms. The van der Waals surface area contributed by atoms with E-state index in [1.54, 1.807) is 12.1 Å². The van der Waals surface area contributed by atoms with Crippen molar-refractivity contribution in [3.8, 4) is 11.5 Å². The molecule has 0 fully saturated rings. The molecule has 3 nitrogen and oxygen atoms in total. The lowest BCUT2D eigenvalue weighted by Gasteiger charge is -2.16. The monoisotopic (exact) mass is 371 g/mol. The predicted octanol–water partition coefficient (Wildman–Crippen LogP) is 5.22. The van der Waals surface area contributed by atoms with Gasteiger partial charge in [0.05, 0.1) is 16.7 Å². The number of ether oxygens (including phenoxy) is 2. The van der Waals surface area contributed by atoms with Gasteiger partial charge < -0.3 is 14.8 Å². The van der Waals surface area contributed by atoms with Gasteiger partial charge in [0.15, 0.2) is 11.5 Å². The van der Waals surface area contributed by atoms with Crippen LogP contribution in [0.1, 0.15) is 25.0 Å². The molecule has 0 spiro atoms. The second-order valence-electron chi connectivity index (χ2n) is 5.11. The molecule has 2 aromatic carbocycles. The van der Waals surface area contributed by atoms with Gasteiger partial charge in [0.2, 0.25) is 0 Å². The van der Waals surface area contributed by atoms with Crippen molar-refractivity contribution >= 4 is 23.2 Å². The summed E-state index contributed by atoms with van der Waals surface area (Å²) in [6.07, 6.45) is 0. The van der Waals surface area contributed by atoms with Crippen LogP contribution >= 0.6 is 23.2 Å². The Kier molecular flexibility index (Phi) is 7.16. The summed E-state index contributed by atoms with van der Waals surface area (Å²) in [5, 5.41) is 3.96. The molecule has 0 aliphatic heterocycles. The van der Waals surface area contributed by atoms with Gasteiger partial charge in [-0.3, -0.25) is 0 Å². The average Bonchev–Trinajstić information content (AvgIpc) is 2.54. The number of hydrogen-bond donors (Lipinski definition) is 1. The van der Waals surface area contributed by atoms with E-state index in [1.807, 2.05) is 26.0 Å². The van der Waals surface area contributed by atoms with Crippen LogP contribution < -0.4 is 14.8 Å². The van der Waals surface area contributed by atoms with E-state index in [2.05, 4.69) is 5.32 Å². The average molecular weight is 372 g/mol. The van der Waals surface area contributed by atoms with Crippen molar-refractivity contribution in [2.24, 2.45) is 0 Å². The van der Waals surface area contributed by atoms with E-state index in [9.17, 15) is 4.39 Å². The molecule has 0 saturated heterocycles. The Morgan fingerprint density at radius 2 is 1.88 bits per heavy atom. The molecule has 0 heterocycles. The summed E-state index contributed by atoms with van der Waals surface area (Å²) in [5.74, 6) is 0.504. The van der Waals surface area contributed by atoms with Gasteiger partial charge in [0, 0.05) is 12.1 Å². The van der Waals surface area contributed by atoms with Crippen molar-refractivity contribution in [1.29, 1.82) is 0 Å². The van der Waals surface area contributed by atoms with E-state index < -0.39 is 5.82 Å². The Morgan fingerprint density at radius 1 is 1.08 bits per heavy atom. The normalized spacial score (nSPS) is 10.7. The molecular formula is C18H20Cl2FNO2. The molecule has 0 amide bonds. The predicted molar refractivity (Wildman–Crippen MR) is 95.7 cm³/mol. The number of halogens is 3. The fourth-order valence-electron chi connectivity index (χ4n) is 2.21. The summed E-state index contributed by atoms with van der Waals surface area (Å²) in [7, 11) is 0. The van der Waals surface area contributed by atoms with Crippen LogP contribution in [0.15, 0.2) is 30.3 Å². The maximum Gasteiger partial charge on any atom is 0.180 e. The third-order valence-corrected chi connectivity index (χ3v) is 4.01. The quantitative estimate of drug-likeness (QED) is 0.689. The first kappa shape index (κ1) is 18.8. The summed E-state index contributed by atoms with van der Waals surface area (Å²) in [5.41, 5.74) is 1.27. The second kappa shape index (κ2) is 9.11. The smallest absolute Gasteiger partial charge is 0.180 e. The molecule has 130 valence electrons. The Bertz CT molecular complexity index is 675. The molecular weight excluding hydrogens is 352 g/mol. The molecule has 2 rings (SSSR count). The Hall–Kier alpha value is -1.49. The van der Waals surface area contributed by atoms with Crippen molar-refractivity contribution in [1.82, 2.24) is 5.32 Å². The number of hydrogen-bond acceptors (Lipinski definition) is 3. The van der Waals surface area contributed by atoms with Gasteiger partial charge in [-0.15, -0.1) is 0 Å². The number of rotatable bonds is 8. The van der Waals surface area contributed by atoms with E-state index in [0.29, 0.717) is 34.7 Å². The molecule has 6 heteroatoms. The Balaban J connectivity index is 2.25. The lowest BCUT2D eigenvalue weighted by molar-refractivity contribution is 0.266. The van der Waals surface area contributed by atoms with E-state index >= 15 is 0 Å². The highest BCUT2D eigenvalue weighted by Crippen LogP contribution is 2.37. The first-order valence-electron chi connectivity index (χ1n) is 7.78. The molecule has 0 aromatic heterocycles. The van der Waals surface area contributed by atoms with E-state index in [0.717, 1.165) is 12.1 Å². The van der Waals surface area contributed by atoms with Crippen LogP contribution in [0.4, 0.5) is 4.39 Å². The third-order valence-electron chi connectivity index (χ3n) is 3.37. The zero-order valence-corrected chi connectivity index (χ0v) is 15.2. The molecule has 0 radical (unpaired) electrons. The lowest BCUT2D eigenvalue weighted by atomic mass is 10.2. The molecule has 0 aliphatic rings. The van der Waals surface area contributed by atoms with Crippen LogP contribution in [0.25, 0.3) is 0 Å². The first-order valence-corrected chi connectivity index (χ1v) is 8.54. The van der Waals surface area contributed by atoms with E-state index in [1.165, 1.54) is 6.07 Å². The molecule has 1 N–H and O–H groups in total. The molecule has 0 aliphatic carbocycles. The largest absolute Gasteiger partial charge is 0.490 e. The third kappa shape index (κ3) is 4.76. The highest BCUT2D eigenvalue weighted by Gasteiger charge is 2.15. The Labute approximate surface area is 151 Å². The van der Waals surface area contributed by atoms with E-state index in [4.69, 9.17) is 32.7 Å². The zero-order valence-electron chi connectivity index (χ0n) is 13.7. The Morgan fingerprint density at radius 3 is 2.54 bits per heavy atom. The lowest BCUT2D eigenvalue weighted by Crippen LogP contribution is -2.12. The highest BCUT2D eigenvalue weighted by atomic mass is 35.5. The minimum atomic E-state index is -0.416. The second-order valence-corrected chi connectivity index (χ2v) is 5.92. The van der Waals surface area contributed by atoms with Gasteiger partial charge in [0.1, 0.15) is 12.4 Å². The van der Waals surface area contributed by atoms with Crippen LogP contribution in [-0.2, 0) is 13.2 Å². The van der Waals surface area contributed by atoms with E-state index in [-0.39, 0.29) is 12.2 Å². The van der Waals surface area contributed by atoms with Crippen LogP contribution in [-0.4, -0.2) is 13.2 Å². The van der Waals surface area contributed by atoms with Crippen LogP contribution in [0, 0.1) is 5.82 Å². The van der Waals surface area contributed by atoms with Crippen LogP contribution in [0.3, 0.4) is 0 Å². The maximum absolute atomic E-state index is 13.9. The fourth-order valence-corrected chi connectivity index (χ4v) is 2.72. The van der Waals surface area contributed by atoms with Gasteiger partial charge in [-0.1, -0.05) is 36.2 Å². The summed E-state index contributed by atoms with van der Waals surface area (Å²) >= 11 is 12.4. The summed E-state index contributed by atoms with van der Waals surface area (Å²) in [6.45, 7) is 5.88. The fraction of sp³-hybridized carbons (Fsp3) is 0.333. The standard InChI is InChI=1S/C18H20Cl2FNO2/c1-3-22-10-12-8-15(20)18(17(9-12)23-4-2)24-11-13-14(19)6-5-7-16(13)21/h5-9,22H,3-4,10-11H2,1-2H3. The van der Waals surface area contributed by atoms with Crippen molar-refractivity contribution in [3.63, 3.8) is 0 Å². The number of benzene rings is 2. The zero-order chi connectivity index (χ0) is 17.5. The summed E-state index contributed by atoms with van der Waals surface area (Å²) in [4.78, 5) is 0. The van der Waals surface area contributed by atoms with Crippen molar-refractivity contribution in [2.75, 3.05) is 13.2 Å². The van der Waals surface area contributed by atoms with Gasteiger partial charge in [0.25, 0.3) is 0 Å². The minimum absolute atomic E-state index is 0.0299. The van der Waals surface area contributed by atoms with Crippen molar-refractivity contribution < 1.29 is 13.9 Å². The molecule has 0 saturated carbocycles. The molecule has 2 aromatic rings. The van der Waals surface area contributed by atoms with Gasteiger partial charge in [-0.2, -0.15) is 0 Å². The minimum Gasteiger partial charge on any atom is -0.490 e. The number of nitrogens with one attached hydrogen (secondary N) is 1. The maximum atomic E-state index is 13.9. The van der Waals surface area contributed by atoms with Crippen molar-refractivity contribution in [2.45, 2.75) is 27.0 Å². The summed E-state index contributed by atoms with van der Waals surface area (Å²) < 4.78 is 25.2. The van der Waals surface area contributed by atoms with Crippen molar-refractivity contribution in [3.05, 3.63) is 57.3 Å². The first-order chi connectivity index (χ1) is 11.6. The highest BCUT2D eigenvalue weighted by molar-refractivity contribution is 6.32. The SMILES string of the molecule is CCNCc1cc(Cl)c(OCc2c(F)cccc2Cl)c(OCC)c1. The van der Waals surface area contributed by atoms with Gasteiger partial charge in [-0.05, 0) is 43.3 Å². The molecule has 0 unspecified atom stereocenters. The van der Waals surface area contributed by atoms with Crippen LogP contribution in [0.2, 0.25) is 10.0 Å². The van der Waals surface area contributed by atoms with Crippen LogP contribution in [0.5, 0.6) is 11.5 Å². The topological polar surface area (TPSA) is 30.5 Å². The summed E-state index contributed by atoms with van der Waals surface area (Å²) in [6, 6.07) is 8.19. The molecule has 24 heavy (non-hydrogen) atoms. The van der Waals surface area contributed by atoms with Gasteiger partial charge in [-0.25, -0.2) is 4.39 Å². The molecule has 0 atom stereocenters. The van der Waals surface area contributed by atoms with Gasteiger partial charge >= 0.3 is 0 Å².